The number of quaternary nitrogens is 1. The first-order valence-electron chi connectivity index (χ1n) is 12.4. The van der Waals surface area contributed by atoms with Crippen molar-refractivity contribution in [1.82, 2.24) is 10.6 Å². The zero-order valence-corrected chi connectivity index (χ0v) is 22.3. The Labute approximate surface area is 207 Å². The highest BCUT2D eigenvalue weighted by Crippen LogP contribution is 2.22. The van der Waals surface area contributed by atoms with Gasteiger partial charge in [0.15, 0.2) is 5.11 Å². The van der Waals surface area contributed by atoms with Crippen LogP contribution >= 0.6 is 12.2 Å². The van der Waals surface area contributed by atoms with E-state index in [-0.39, 0.29) is 11.5 Å². The average molecular weight is 471 g/mol. The fraction of sp³-hybridized carbons (Fsp3) is 0.536. The van der Waals surface area contributed by atoms with Gasteiger partial charge >= 0.3 is 0 Å². The van der Waals surface area contributed by atoms with Crippen LogP contribution in [0.4, 0.5) is 0 Å². The zero-order valence-electron chi connectivity index (χ0n) is 21.5. The second-order valence-electron chi connectivity index (χ2n) is 9.79. The van der Waals surface area contributed by atoms with Crippen LogP contribution in [-0.2, 0) is 16.7 Å². The van der Waals surface area contributed by atoms with Crippen molar-refractivity contribution in [2.24, 2.45) is 0 Å². The summed E-state index contributed by atoms with van der Waals surface area (Å²) in [7, 11) is 0. The van der Waals surface area contributed by atoms with Gasteiger partial charge < -0.3 is 19.9 Å². The average Bonchev–Trinajstić information content (AvgIpc) is 2.83. The summed E-state index contributed by atoms with van der Waals surface area (Å²) in [6.45, 7) is 20.0. The summed E-state index contributed by atoms with van der Waals surface area (Å²) in [5.41, 5.74) is 3.90. The summed E-state index contributed by atoms with van der Waals surface area (Å²) >= 11 is 5.55. The van der Waals surface area contributed by atoms with Gasteiger partial charge in [-0.15, -0.1) is 0 Å². The third kappa shape index (κ3) is 8.73. The first-order chi connectivity index (χ1) is 15.7. The molecule has 0 aliphatic rings. The lowest BCUT2D eigenvalue weighted by molar-refractivity contribution is -0.923. The SMILES string of the molecule is CC[N+](CC)(CC)CCOC(CNC(=S)NCc1ccc(C(C)(C)C)cc1)c1ccccc1. The Kier molecular flexibility index (Phi) is 10.8. The van der Waals surface area contributed by atoms with Crippen molar-refractivity contribution in [3.8, 4) is 0 Å². The third-order valence-electron chi connectivity index (χ3n) is 6.79. The molecule has 0 spiro atoms. The molecule has 0 fully saturated rings. The van der Waals surface area contributed by atoms with Crippen LogP contribution in [0, 0.1) is 0 Å². The molecule has 2 aromatic rings. The van der Waals surface area contributed by atoms with E-state index in [4.69, 9.17) is 17.0 Å². The molecular formula is C28H44N3OS+. The quantitative estimate of drug-likeness (QED) is 0.313. The number of ether oxygens (including phenoxy) is 1. The van der Waals surface area contributed by atoms with E-state index in [0.29, 0.717) is 18.2 Å². The van der Waals surface area contributed by atoms with E-state index >= 15 is 0 Å². The first-order valence-corrected chi connectivity index (χ1v) is 12.8. The predicted molar refractivity (Wildman–Crippen MR) is 144 cm³/mol. The van der Waals surface area contributed by atoms with Gasteiger partial charge in [0.2, 0.25) is 0 Å². The summed E-state index contributed by atoms with van der Waals surface area (Å²) in [5.74, 6) is 0. The highest BCUT2D eigenvalue weighted by molar-refractivity contribution is 7.80. The third-order valence-corrected chi connectivity index (χ3v) is 7.08. The van der Waals surface area contributed by atoms with E-state index in [1.54, 1.807) is 0 Å². The number of nitrogens with one attached hydrogen (secondary N) is 2. The van der Waals surface area contributed by atoms with Crippen LogP contribution in [0.1, 0.15) is 64.3 Å². The second kappa shape index (κ2) is 13.1. The van der Waals surface area contributed by atoms with E-state index in [9.17, 15) is 0 Å². The maximum Gasteiger partial charge on any atom is 0.166 e. The highest BCUT2D eigenvalue weighted by Gasteiger charge is 2.22. The smallest absolute Gasteiger partial charge is 0.166 e. The maximum absolute atomic E-state index is 6.38. The first kappa shape index (κ1) is 27.3. The minimum absolute atomic E-state index is 0.0375. The molecular weight excluding hydrogens is 426 g/mol. The molecule has 4 nitrogen and oxygen atoms in total. The number of benzene rings is 2. The number of rotatable bonds is 12. The molecule has 182 valence electrons. The van der Waals surface area contributed by atoms with Crippen LogP contribution in [0.5, 0.6) is 0 Å². The van der Waals surface area contributed by atoms with Crippen molar-refractivity contribution in [3.63, 3.8) is 0 Å². The molecule has 2 N–H and O–H groups in total. The minimum atomic E-state index is -0.0375. The van der Waals surface area contributed by atoms with Crippen molar-refractivity contribution in [2.45, 2.75) is 59.6 Å². The largest absolute Gasteiger partial charge is 0.366 e. The molecule has 0 saturated heterocycles. The zero-order chi connectivity index (χ0) is 24.3. The molecule has 0 heterocycles. The van der Waals surface area contributed by atoms with Gasteiger partial charge in [-0.2, -0.15) is 0 Å². The Hall–Kier alpha value is -1.95. The molecule has 5 heteroatoms. The fourth-order valence-corrected chi connectivity index (χ4v) is 4.18. The summed E-state index contributed by atoms with van der Waals surface area (Å²) < 4.78 is 7.47. The lowest BCUT2D eigenvalue weighted by atomic mass is 9.87. The molecule has 2 rings (SSSR count). The Morgan fingerprint density at radius 1 is 0.909 bits per heavy atom. The van der Waals surface area contributed by atoms with Gasteiger partial charge in [0.05, 0.1) is 26.2 Å². The molecule has 2 aromatic carbocycles. The molecule has 0 aliphatic carbocycles. The van der Waals surface area contributed by atoms with Gasteiger partial charge in [-0.1, -0.05) is 75.4 Å². The molecule has 1 unspecified atom stereocenters. The molecule has 33 heavy (non-hydrogen) atoms. The van der Waals surface area contributed by atoms with Gasteiger partial charge in [-0.05, 0) is 55.1 Å². The van der Waals surface area contributed by atoms with Crippen molar-refractivity contribution in [1.29, 1.82) is 0 Å². The number of hydrogen-bond donors (Lipinski definition) is 2. The second-order valence-corrected chi connectivity index (χ2v) is 10.2. The number of hydrogen-bond acceptors (Lipinski definition) is 2. The maximum atomic E-state index is 6.38. The highest BCUT2D eigenvalue weighted by atomic mass is 32.1. The summed E-state index contributed by atoms with van der Waals surface area (Å²) in [6.07, 6.45) is -0.0375. The minimum Gasteiger partial charge on any atom is -0.366 e. The van der Waals surface area contributed by atoms with Crippen LogP contribution in [0.2, 0.25) is 0 Å². The predicted octanol–water partition coefficient (Wildman–Crippen LogP) is 5.58. The lowest BCUT2D eigenvalue weighted by Crippen LogP contribution is -2.49. The van der Waals surface area contributed by atoms with Gasteiger partial charge in [-0.3, -0.25) is 0 Å². The molecule has 0 bridgehead atoms. The number of likely N-dealkylation sites (N-methyl/N-ethyl adjacent to an activating group) is 1. The number of nitrogens with zero attached hydrogens (tertiary/aromatic N) is 1. The van der Waals surface area contributed by atoms with Gasteiger partial charge in [0.25, 0.3) is 0 Å². The normalized spacial score (nSPS) is 12.9. The topological polar surface area (TPSA) is 33.3 Å². The van der Waals surface area contributed by atoms with Crippen LogP contribution in [0.15, 0.2) is 54.6 Å². The van der Waals surface area contributed by atoms with Crippen LogP contribution in [0.25, 0.3) is 0 Å². The molecule has 1 atom stereocenters. The standard InChI is InChI=1S/C28H43N3OS/c1-7-31(8-2,9-3)19-20-32-26(24-13-11-10-12-14-24)22-30-27(33)29-21-23-15-17-25(18-16-23)28(4,5)6/h10-18,26H,7-9,19-22H2,1-6H3,(H-,29,30,33)/p+1. The van der Waals surface area contributed by atoms with E-state index in [0.717, 1.165) is 37.3 Å². The molecule has 0 radical (unpaired) electrons. The van der Waals surface area contributed by atoms with Crippen molar-refractivity contribution in [3.05, 3.63) is 71.3 Å². The molecule has 0 amide bonds. The molecule has 0 aliphatic heterocycles. The number of thiocarbonyl (C=S) groups is 1. The van der Waals surface area contributed by atoms with Crippen molar-refractivity contribution in [2.75, 3.05) is 39.3 Å². The van der Waals surface area contributed by atoms with Crippen LogP contribution in [0.3, 0.4) is 0 Å². The Morgan fingerprint density at radius 3 is 2.06 bits per heavy atom. The van der Waals surface area contributed by atoms with E-state index in [1.165, 1.54) is 16.7 Å². The van der Waals surface area contributed by atoms with Crippen molar-refractivity contribution >= 4 is 17.3 Å². The van der Waals surface area contributed by atoms with Gasteiger partial charge in [-0.25, -0.2) is 0 Å². The lowest BCUT2D eigenvalue weighted by Gasteiger charge is -2.36. The monoisotopic (exact) mass is 470 g/mol. The Morgan fingerprint density at radius 2 is 1.52 bits per heavy atom. The Bertz CT molecular complexity index is 818. The van der Waals surface area contributed by atoms with Gasteiger partial charge in [0, 0.05) is 13.1 Å². The van der Waals surface area contributed by atoms with Crippen molar-refractivity contribution < 1.29 is 9.22 Å². The van der Waals surface area contributed by atoms with E-state index in [1.807, 2.05) is 6.07 Å². The molecule has 0 aromatic heterocycles. The van der Waals surface area contributed by atoms with E-state index in [2.05, 4.69) is 101 Å². The Balaban J connectivity index is 1.89. The summed E-state index contributed by atoms with van der Waals surface area (Å²) in [5, 5.41) is 7.35. The summed E-state index contributed by atoms with van der Waals surface area (Å²) in [4.78, 5) is 0. The fourth-order valence-electron chi connectivity index (χ4n) is 4.03. The molecule has 0 saturated carbocycles. The van der Waals surface area contributed by atoms with E-state index < -0.39 is 0 Å². The van der Waals surface area contributed by atoms with Crippen LogP contribution < -0.4 is 10.6 Å². The summed E-state index contributed by atoms with van der Waals surface area (Å²) in [6, 6.07) is 19.2. The van der Waals surface area contributed by atoms with Crippen LogP contribution in [-0.4, -0.2) is 48.9 Å². The van der Waals surface area contributed by atoms with Gasteiger partial charge in [0.1, 0.15) is 12.6 Å².